The van der Waals surface area contributed by atoms with E-state index in [0.29, 0.717) is 5.96 Å². The first-order valence-corrected chi connectivity index (χ1v) is 6.98. The average Bonchev–Trinajstić information content (AvgIpc) is 2.27. The quantitative estimate of drug-likeness (QED) is 0.194. The minimum atomic E-state index is 0.710. The van der Waals surface area contributed by atoms with Crippen molar-refractivity contribution in [2.45, 2.75) is 32.6 Å². The van der Waals surface area contributed by atoms with Crippen LogP contribution in [0.25, 0.3) is 0 Å². The predicted octanol–water partition coefficient (Wildman–Crippen LogP) is 1.34. The fourth-order valence-electron chi connectivity index (χ4n) is 1.13. The van der Waals surface area contributed by atoms with E-state index in [1.807, 2.05) is 11.8 Å². The van der Waals surface area contributed by atoms with Gasteiger partial charge in [0.15, 0.2) is 0 Å². The summed E-state index contributed by atoms with van der Waals surface area (Å²) < 4.78 is 0. The van der Waals surface area contributed by atoms with Gasteiger partial charge < -0.3 is 5.32 Å². The molecule has 0 saturated carbocycles. The van der Waals surface area contributed by atoms with Crippen molar-refractivity contribution in [3.63, 3.8) is 0 Å². The zero-order valence-corrected chi connectivity index (χ0v) is 10.7. The number of unbranched alkanes of at least 4 members (excludes halogenated alkanes) is 2. The summed E-state index contributed by atoms with van der Waals surface area (Å²) in [6.07, 6.45) is 6.92. The highest BCUT2D eigenvalue weighted by molar-refractivity contribution is 7.98. The second kappa shape index (κ2) is 11.7. The van der Waals surface area contributed by atoms with Crippen molar-refractivity contribution >= 4 is 17.7 Å². The van der Waals surface area contributed by atoms with Crippen LogP contribution in [0.3, 0.4) is 0 Å². The molecular weight excluding hydrogens is 208 g/mol. The number of nitrogens with zero attached hydrogens (tertiary/aromatic N) is 1. The van der Waals surface area contributed by atoms with E-state index in [4.69, 9.17) is 5.84 Å². The van der Waals surface area contributed by atoms with Crippen LogP contribution in [0.4, 0.5) is 0 Å². The highest BCUT2D eigenvalue weighted by Crippen LogP contribution is 2.00. The van der Waals surface area contributed by atoms with E-state index in [1.165, 1.54) is 25.0 Å². The van der Waals surface area contributed by atoms with Gasteiger partial charge in [0.2, 0.25) is 5.96 Å². The number of hydrogen-bond acceptors (Lipinski definition) is 3. The molecule has 5 heteroatoms. The third-order valence-corrected chi connectivity index (χ3v) is 2.64. The van der Waals surface area contributed by atoms with Gasteiger partial charge in [0, 0.05) is 13.1 Å². The molecule has 0 atom stereocenters. The number of nitrogens with two attached hydrogens (primary N) is 1. The summed E-state index contributed by atoms with van der Waals surface area (Å²) >= 11 is 1.91. The molecule has 0 aliphatic rings. The Balaban J connectivity index is 3.38. The maximum Gasteiger partial charge on any atom is 0.205 e. The lowest BCUT2D eigenvalue weighted by atomic mass is 10.2. The number of guanidine groups is 1. The summed E-state index contributed by atoms with van der Waals surface area (Å²) in [6.45, 7) is 3.86. The van der Waals surface area contributed by atoms with E-state index in [9.17, 15) is 0 Å². The average molecular weight is 232 g/mol. The Labute approximate surface area is 97.5 Å². The molecule has 90 valence electrons. The fourth-order valence-corrected chi connectivity index (χ4v) is 1.62. The predicted molar refractivity (Wildman–Crippen MR) is 70.2 cm³/mol. The van der Waals surface area contributed by atoms with Gasteiger partial charge in [0.1, 0.15) is 0 Å². The normalized spacial score (nSPS) is 11.5. The van der Waals surface area contributed by atoms with E-state index in [0.717, 1.165) is 19.5 Å². The van der Waals surface area contributed by atoms with Gasteiger partial charge >= 0.3 is 0 Å². The van der Waals surface area contributed by atoms with Crippen molar-refractivity contribution in [3.8, 4) is 0 Å². The molecule has 0 aliphatic carbocycles. The Morgan fingerprint density at radius 3 is 2.73 bits per heavy atom. The molecule has 0 saturated heterocycles. The van der Waals surface area contributed by atoms with E-state index in [-0.39, 0.29) is 0 Å². The van der Waals surface area contributed by atoms with Gasteiger partial charge in [-0.25, -0.2) is 5.84 Å². The zero-order chi connectivity index (χ0) is 11.4. The van der Waals surface area contributed by atoms with Crippen LogP contribution in [0.2, 0.25) is 0 Å². The lowest BCUT2D eigenvalue weighted by molar-refractivity contribution is 0.687. The molecule has 0 aromatic carbocycles. The van der Waals surface area contributed by atoms with Crippen molar-refractivity contribution in [1.29, 1.82) is 0 Å². The van der Waals surface area contributed by atoms with Crippen LogP contribution in [0, 0.1) is 0 Å². The van der Waals surface area contributed by atoms with Crippen LogP contribution in [0.15, 0.2) is 4.99 Å². The lowest BCUT2D eigenvalue weighted by Crippen LogP contribution is -2.42. The molecule has 0 bridgehead atoms. The van der Waals surface area contributed by atoms with Gasteiger partial charge in [-0.15, -0.1) is 0 Å². The SMILES string of the molecule is CCCN=C(NN)NCCCCCSC. The number of hydrogen-bond donors (Lipinski definition) is 3. The topological polar surface area (TPSA) is 62.4 Å². The molecule has 0 unspecified atom stereocenters. The molecule has 0 fully saturated rings. The number of nitrogens with one attached hydrogen (secondary N) is 2. The summed E-state index contributed by atoms with van der Waals surface area (Å²) in [5, 5.41) is 3.19. The standard InChI is InChI=1S/C10H24N4S/c1-3-7-12-10(14-11)13-8-5-4-6-9-15-2/h3-9,11H2,1-2H3,(H2,12,13,14). The van der Waals surface area contributed by atoms with Crippen LogP contribution in [0.1, 0.15) is 32.6 Å². The van der Waals surface area contributed by atoms with Crippen molar-refractivity contribution < 1.29 is 0 Å². The molecule has 0 aromatic rings. The Bertz CT molecular complexity index is 162. The third-order valence-electron chi connectivity index (χ3n) is 1.95. The van der Waals surface area contributed by atoms with Crippen molar-refractivity contribution in [3.05, 3.63) is 0 Å². The fraction of sp³-hybridized carbons (Fsp3) is 0.900. The minimum Gasteiger partial charge on any atom is -0.355 e. The minimum absolute atomic E-state index is 0.710. The molecular formula is C10H24N4S. The van der Waals surface area contributed by atoms with Gasteiger partial charge in [0.25, 0.3) is 0 Å². The number of rotatable bonds is 8. The Hall–Kier alpha value is -0.420. The highest BCUT2D eigenvalue weighted by atomic mass is 32.2. The number of hydrazine groups is 1. The summed E-state index contributed by atoms with van der Waals surface area (Å²) in [4.78, 5) is 4.26. The largest absolute Gasteiger partial charge is 0.355 e. The van der Waals surface area contributed by atoms with Crippen LogP contribution >= 0.6 is 11.8 Å². The summed E-state index contributed by atoms with van der Waals surface area (Å²) in [6, 6.07) is 0. The Morgan fingerprint density at radius 2 is 2.13 bits per heavy atom. The second-order valence-electron chi connectivity index (χ2n) is 3.35. The molecule has 15 heavy (non-hydrogen) atoms. The molecule has 4 N–H and O–H groups in total. The van der Waals surface area contributed by atoms with Crippen LogP contribution in [-0.2, 0) is 0 Å². The second-order valence-corrected chi connectivity index (χ2v) is 4.34. The highest BCUT2D eigenvalue weighted by Gasteiger charge is 1.94. The first-order chi connectivity index (χ1) is 7.35. The molecule has 0 spiro atoms. The van der Waals surface area contributed by atoms with Crippen LogP contribution in [-0.4, -0.2) is 31.1 Å². The van der Waals surface area contributed by atoms with Crippen molar-refractivity contribution in [1.82, 2.24) is 10.7 Å². The first-order valence-electron chi connectivity index (χ1n) is 5.59. The van der Waals surface area contributed by atoms with Crippen molar-refractivity contribution in [2.24, 2.45) is 10.8 Å². The number of thioether (sulfide) groups is 1. The summed E-state index contributed by atoms with van der Waals surface area (Å²) in [7, 11) is 0. The molecule has 0 aliphatic heterocycles. The van der Waals surface area contributed by atoms with E-state index in [1.54, 1.807) is 0 Å². The smallest absolute Gasteiger partial charge is 0.205 e. The maximum absolute atomic E-state index is 5.33. The van der Waals surface area contributed by atoms with Gasteiger partial charge in [-0.2, -0.15) is 11.8 Å². The molecule has 4 nitrogen and oxygen atoms in total. The van der Waals surface area contributed by atoms with E-state index in [2.05, 4.69) is 28.9 Å². The van der Waals surface area contributed by atoms with Gasteiger partial charge in [-0.3, -0.25) is 10.4 Å². The van der Waals surface area contributed by atoms with Gasteiger partial charge in [-0.1, -0.05) is 13.3 Å². The lowest BCUT2D eigenvalue weighted by Gasteiger charge is -2.08. The van der Waals surface area contributed by atoms with E-state index < -0.39 is 0 Å². The Kier molecular flexibility index (Phi) is 11.3. The summed E-state index contributed by atoms with van der Waals surface area (Å²) in [5.41, 5.74) is 2.57. The first kappa shape index (κ1) is 14.6. The number of aliphatic imine (C=N–C) groups is 1. The molecule has 0 radical (unpaired) electrons. The van der Waals surface area contributed by atoms with E-state index >= 15 is 0 Å². The molecule has 0 heterocycles. The van der Waals surface area contributed by atoms with Crippen LogP contribution < -0.4 is 16.6 Å². The third kappa shape index (κ3) is 9.87. The van der Waals surface area contributed by atoms with Crippen LogP contribution in [0.5, 0.6) is 0 Å². The Morgan fingerprint density at radius 1 is 1.33 bits per heavy atom. The van der Waals surface area contributed by atoms with Gasteiger partial charge in [0.05, 0.1) is 0 Å². The summed E-state index contributed by atoms with van der Waals surface area (Å²) in [5.74, 6) is 7.30. The monoisotopic (exact) mass is 232 g/mol. The maximum atomic E-state index is 5.33. The zero-order valence-electron chi connectivity index (χ0n) is 9.88. The molecule has 0 amide bonds. The van der Waals surface area contributed by atoms with Gasteiger partial charge in [-0.05, 0) is 31.3 Å². The molecule has 0 rings (SSSR count). The molecule has 0 aromatic heterocycles. The van der Waals surface area contributed by atoms with Crippen molar-refractivity contribution in [2.75, 3.05) is 25.1 Å².